The fourth-order valence-corrected chi connectivity index (χ4v) is 2.01. The van der Waals surface area contributed by atoms with E-state index < -0.39 is 11.8 Å². The third-order valence-electron chi connectivity index (χ3n) is 1.96. The van der Waals surface area contributed by atoms with Gasteiger partial charge in [0.15, 0.2) is 0 Å². The zero-order chi connectivity index (χ0) is 12.3. The van der Waals surface area contributed by atoms with E-state index in [1.54, 1.807) is 11.8 Å². The summed E-state index contributed by atoms with van der Waals surface area (Å²) in [7, 11) is 0. The average Bonchev–Trinajstić information content (AvgIpc) is 2.13. The normalized spacial score (nSPS) is 11.5. The monoisotopic (exact) mass is 242 g/mol. The van der Waals surface area contributed by atoms with Gasteiger partial charge in [-0.1, -0.05) is 20.8 Å². The van der Waals surface area contributed by atoms with Crippen molar-refractivity contribution >= 4 is 17.7 Å². The van der Waals surface area contributed by atoms with Crippen molar-refractivity contribution in [2.45, 2.75) is 31.3 Å². The number of hydrogen-bond donors (Lipinski definition) is 1. The second-order valence-corrected chi connectivity index (χ2v) is 6.31. The van der Waals surface area contributed by atoms with Crippen LogP contribution in [0.5, 0.6) is 0 Å². The van der Waals surface area contributed by atoms with Gasteiger partial charge in [-0.05, 0) is 23.8 Å². The van der Waals surface area contributed by atoms with Crippen LogP contribution in [-0.2, 0) is 5.75 Å². The largest absolute Gasteiger partial charge is 0.478 e. The van der Waals surface area contributed by atoms with Gasteiger partial charge in [-0.2, -0.15) is 11.8 Å². The molecular weight excluding hydrogens is 227 g/mol. The van der Waals surface area contributed by atoms with Crippen molar-refractivity contribution in [3.05, 3.63) is 35.1 Å². The van der Waals surface area contributed by atoms with Crippen LogP contribution in [0, 0.1) is 5.82 Å². The van der Waals surface area contributed by atoms with E-state index in [2.05, 4.69) is 0 Å². The molecule has 16 heavy (non-hydrogen) atoms. The zero-order valence-corrected chi connectivity index (χ0v) is 10.4. The Kier molecular flexibility index (Phi) is 3.97. The van der Waals surface area contributed by atoms with Crippen LogP contribution in [0.3, 0.4) is 0 Å². The molecule has 0 spiro atoms. The Morgan fingerprint density at radius 2 is 2.06 bits per heavy atom. The fourth-order valence-electron chi connectivity index (χ4n) is 1.18. The molecular formula is C12H15FO2S. The summed E-state index contributed by atoms with van der Waals surface area (Å²) in [6, 6.07) is 3.78. The van der Waals surface area contributed by atoms with Gasteiger partial charge in [-0.3, -0.25) is 0 Å². The maximum absolute atomic E-state index is 13.0. The molecule has 0 radical (unpaired) electrons. The van der Waals surface area contributed by atoms with E-state index in [-0.39, 0.29) is 10.3 Å². The van der Waals surface area contributed by atoms with Gasteiger partial charge in [0.25, 0.3) is 0 Å². The van der Waals surface area contributed by atoms with Crippen LogP contribution < -0.4 is 0 Å². The van der Waals surface area contributed by atoms with Gasteiger partial charge in [-0.25, -0.2) is 9.18 Å². The molecule has 2 nitrogen and oxygen atoms in total. The Balaban J connectivity index is 2.93. The summed E-state index contributed by atoms with van der Waals surface area (Å²) in [5.41, 5.74) is 0.713. The molecule has 0 aliphatic heterocycles. The van der Waals surface area contributed by atoms with E-state index in [9.17, 15) is 9.18 Å². The minimum atomic E-state index is -1.01. The number of rotatable bonds is 3. The van der Waals surface area contributed by atoms with Crippen molar-refractivity contribution in [3.63, 3.8) is 0 Å². The van der Waals surface area contributed by atoms with E-state index in [4.69, 9.17) is 5.11 Å². The van der Waals surface area contributed by atoms with Crippen LogP contribution in [0.25, 0.3) is 0 Å². The highest BCUT2D eigenvalue weighted by atomic mass is 32.2. The van der Waals surface area contributed by atoms with Crippen LogP contribution in [0.2, 0.25) is 0 Å². The smallest absolute Gasteiger partial charge is 0.335 e. The zero-order valence-electron chi connectivity index (χ0n) is 9.58. The first-order chi connectivity index (χ1) is 7.29. The molecule has 1 aromatic rings. The highest BCUT2D eigenvalue weighted by molar-refractivity contribution is 7.99. The van der Waals surface area contributed by atoms with E-state index in [0.29, 0.717) is 11.3 Å². The van der Waals surface area contributed by atoms with E-state index in [1.807, 2.05) is 20.8 Å². The number of thioether (sulfide) groups is 1. The molecule has 0 bridgehead atoms. The standard InChI is InChI=1S/C12H15FO2S/c1-12(2,3)16-7-8-6-9(13)4-5-10(8)11(14)15/h4-6H,7H2,1-3H3,(H,14,15). The average molecular weight is 242 g/mol. The summed E-state index contributed by atoms with van der Waals surface area (Å²) in [4.78, 5) is 10.9. The number of hydrogen-bond acceptors (Lipinski definition) is 2. The summed E-state index contributed by atoms with van der Waals surface area (Å²) in [5, 5.41) is 8.95. The lowest BCUT2D eigenvalue weighted by Crippen LogP contribution is -2.09. The number of benzene rings is 1. The number of carboxylic acid groups (broad SMARTS) is 1. The van der Waals surface area contributed by atoms with Crippen molar-refractivity contribution in [3.8, 4) is 0 Å². The molecule has 0 fully saturated rings. The summed E-state index contributed by atoms with van der Waals surface area (Å²) in [5.74, 6) is -0.901. The third-order valence-corrected chi connectivity index (χ3v) is 3.28. The second-order valence-electron chi connectivity index (χ2n) is 4.51. The molecule has 0 heterocycles. The molecule has 88 valence electrons. The lowest BCUT2D eigenvalue weighted by molar-refractivity contribution is 0.0696. The van der Waals surface area contributed by atoms with Gasteiger partial charge < -0.3 is 5.11 Å². The maximum Gasteiger partial charge on any atom is 0.335 e. The van der Waals surface area contributed by atoms with Gasteiger partial charge in [0.2, 0.25) is 0 Å². The predicted octanol–water partition coefficient (Wildman–Crippen LogP) is 3.56. The SMILES string of the molecule is CC(C)(C)SCc1cc(F)ccc1C(=O)O. The molecule has 0 aliphatic carbocycles. The summed E-state index contributed by atoms with van der Waals surface area (Å²) < 4.78 is 13.1. The molecule has 0 aliphatic rings. The molecule has 4 heteroatoms. The molecule has 0 saturated carbocycles. The Hall–Kier alpha value is -1.03. The van der Waals surface area contributed by atoms with E-state index in [1.165, 1.54) is 18.2 Å². The highest BCUT2D eigenvalue weighted by Crippen LogP contribution is 2.28. The van der Waals surface area contributed by atoms with Gasteiger partial charge in [-0.15, -0.1) is 0 Å². The first-order valence-electron chi connectivity index (χ1n) is 4.95. The van der Waals surface area contributed by atoms with Crippen LogP contribution in [0.4, 0.5) is 4.39 Å². The molecule has 0 saturated heterocycles. The van der Waals surface area contributed by atoms with Crippen molar-refractivity contribution in [2.24, 2.45) is 0 Å². The number of aromatic carboxylic acids is 1. The maximum atomic E-state index is 13.0. The van der Waals surface area contributed by atoms with Crippen LogP contribution in [0.15, 0.2) is 18.2 Å². The van der Waals surface area contributed by atoms with Gasteiger partial charge >= 0.3 is 5.97 Å². The Labute approximate surface area is 98.9 Å². The van der Waals surface area contributed by atoms with Crippen LogP contribution in [-0.4, -0.2) is 15.8 Å². The summed E-state index contributed by atoms with van der Waals surface area (Å²) >= 11 is 1.60. The number of carbonyl (C=O) groups is 1. The highest BCUT2D eigenvalue weighted by Gasteiger charge is 2.15. The lowest BCUT2D eigenvalue weighted by atomic mass is 10.1. The van der Waals surface area contributed by atoms with Crippen molar-refractivity contribution in [2.75, 3.05) is 0 Å². The van der Waals surface area contributed by atoms with Gasteiger partial charge in [0.05, 0.1) is 5.56 Å². The van der Waals surface area contributed by atoms with E-state index >= 15 is 0 Å². The molecule has 1 aromatic carbocycles. The summed E-state index contributed by atoms with van der Waals surface area (Å²) in [6.45, 7) is 6.12. The predicted molar refractivity (Wildman–Crippen MR) is 64.4 cm³/mol. The van der Waals surface area contributed by atoms with Gasteiger partial charge in [0, 0.05) is 10.5 Å². The van der Waals surface area contributed by atoms with Crippen LogP contribution in [0.1, 0.15) is 36.7 Å². The minimum absolute atomic E-state index is 0.0299. The molecule has 0 unspecified atom stereocenters. The Morgan fingerprint density at radius 3 is 2.56 bits per heavy atom. The van der Waals surface area contributed by atoms with Gasteiger partial charge in [0.1, 0.15) is 5.82 Å². The molecule has 1 rings (SSSR count). The first kappa shape index (κ1) is 13.0. The first-order valence-corrected chi connectivity index (χ1v) is 5.94. The van der Waals surface area contributed by atoms with Crippen molar-refractivity contribution in [1.82, 2.24) is 0 Å². The molecule has 0 atom stereocenters. The fraction of sp³-hybridized carbons (Fsp3) is 0.417. The molecule has 0 aromatic heterocycles. The second kappa shape index (κ2) is 4.87. The summed E-state index contributed by atoms with van der Waals surface area (Å²) in [6.07, 6.45) is 0. The van der Waals surface area contributed by atoms with Crippen molar-refractivity contribution < 1.29 is 14.3 Å². The number of carboxylic acids is 1. The lowest BCUT2D eigenvalue weighted by Gasteiger charge is -2.18. The minimum Gasteiger partial charge on any atom is -0.478 e. The number of halogens is 1. The third kappa shape index (κ3) is 3.85. The molecule has 1 N–H and O–H groups in total. The Bertz CT molecular complexity index is 396. The Morgan fingerprint density at radius 1 is 1.44 bits per heavy atom. The topological polar surface area (TPSA) is 37.3 Å². The van der Waals surface area contributed by atoms with E-state index in [0.717, 1.165) is 0 Å². The molecule has 0 amide bonds. The quantitative estimate of drug-likeness (QED) is 0.880. The van der Waals surface area contributed by atoms with Crippen LogP contribution >= 0.6 is 11.8 Å². The van der Waals surface area contributed by atoms with Crippen molar-refractivity contribution in [1.29, 1.82) is 0 Å².